The molecule has 0 radical (unpaired) electrons. The molecule has 1 heterocycles. The van der Waals surface area contributed by atoms with E-state index in [-0.39, 0.29) is 24.0 Å². The van der Waals surface area contributed by atoms with Gasteiger partial charge in [-0.3, -0.25) is 9.59 Å². The van der Waals surface area contributed by atoms with Crippen LogP contribution >= 0.6 is 0 Å². The zero-order chi connectivity index (χ0) is 15.0. The highest BCUT2D eigenvalue weighted by atomic mass is 16.5. The molecule has 0 spiro atoms. The van der Waals surface area contributed by atoms with E-state index >= 15 is 0 Å². The van der Waals surface area contributed by atoms with Crippen LogP contribution in [-0.2, 0) is 9.53 Å². The summed E-state index contributed by atoms with van der Waals surface area (Å²) in [7, 11) is 1.36. The molecule has 2 atom stereocenters. The Hall–Kier alpha value is -1.88. The van der Waals surface area contributed by atoms with Gasteiger partial charge in [-0.25, -0.2) is 0 Å². The van der Waals surface area contributed by atoms with Crippen molar-refractivity contribution in [2.24, 2.45) is 0 Å². The average molecular weight is 278 g/mol. The first-order chi connectivity index (χ1) is 9.70. The van der Waals surface area contributed by atoms with Crippen LogP contribution in [0.5, 0.6) is 0 Å². The zero-order valence-corrected chi connectivity index (χ0v) is 12.2. The Labute approximate surface area is 119 Å². The summed E-state index contributed by atoms with van der Waals surface area (Å²) in [6.45, 7) is 4.58. The summed E-state index contributed by atoms with van der Waals surface area (Å²) >= 11 is 0. The number of rotatable bonds is 3. The highest BCUT2D eigenvalue weighted by Crippen LogP contribution is 2.09. The van der Waals surface area contributed by atoms with Gasteiger partial charge in [0.05, 0.1) is 7.11 Å². The summed E-state index contributed by atoms with van der Waals surface area (Å²) in [5, 5.41) is 5.92. The van der Waals surface area contributed by atoms with E-state index in [9.17, 15) is 9.59 Å². The van der Waals surface area contributed by atoms with E-state index in [4.69, 9.17) is 0 Å². The lowest BCUT2D eigenvalue weighted by atomic mass is 10.1. The molecule has 2 N–H and O–H groups in total. The molecule has 110 valence electrons. The lowest BCUT2D eigenvalue weighted by Crippen LogP contribution is -2.36. The molecule has 5 heteroatoms. The molecule has 0 aromatic heterocycles. The van der Waals surface area contributed by atoms with Gasteiger partial charge in [-0.2, -0.15) is 0 Å². The van der Waals surface area contributed by atoms with Crippen molar-refractivity contribution in [1.82, 2.24) is 10.6 Å². The number of ether oxygens (including phenoxy) is 1. The van der Waals surface area contributed by atoms with E-state index in [1.165, 1.54) is 7.11 Å². The normalized spacial score (nSPS) is 20.6. The monoisotopic (exact) mass is 278 g/mol. The second kappa shape index (κ2) is 8.32. The number of carbonyl (C=O) groups is 2. The molecular weight excluding hydrogens is 256 g/mol. The first kappa shape index (κ1) is 16.2. The van der Waals surface area contributed by atoms with Crippen LogP contribution in [0.15, 0.2) is 30.3 Å². The molecule has 1 aromatic rings. The van der Waals surface area contributed by atoms with Gasteiger partial charge < -0.3 is 15.4 Å². The van der Waals surface area contributed by atoms with Crippen molar-refractivity contribution in [2.45, 2.75) is 32.4 Å². The lowest BCUT2D eigenvalue weighted by Gasteiger charge is -2.11. The van der Waals surface area contributed by atoms with Gasteiger partial charge in [0, 0.05) is 18.2 Å². The van der Waals surface area contributed by atoms with Gasteiger partial charge in [0.1, 0.15) is 6.04 Å². The highest BCUT2D eigenvalue weighted by molar-refractivity contribution is 5.94. The molecule has 0 saturated carbocycles. The number of carbonyl (C=O) groups excluding carboxylic acids is 2. The summed E-state index contributed by atoms with van der Waals surface area (Å²) in [6.07, 6.45) is 0.561. The molecule has 0 bridgehead atoms. The van der Waals surface area contributed by atoms with Gasteiger partial charge in [-0.1, -0.05) is 32.0 Å². The Kier molecular flexibility index (Phi) is 6.73. The summed E-state index contributed by atoms with van der Waals surface area (Å²) in [5.74, 6) is -0.403. The largest absolute Gasteiger partial charge is 0.468 e. The van der Waals surface area contributed by atoms with Crippen LogP contribution < -0.4 is 10.6 Å². The maximum absolute atomic E-state index is 11.9. The molecule has 0 aliphatic carbocycles. The number of esters is 1. The minimum atomic E-state index is -0.323. The molecule has 1 aliphatic heterocycles. The van der Waals surface area contributed by atoms with Gasteiger partial charge in [-0.15, -0.1) is 0 Å². The van der Waals surface area contributed by atoms with Crippen LogP contribution in [0.1, 0.15) is 30.6 Å². The predicted molar refractivity (Wildman–Crippen MR) is 77.5 cm³/mol. The molecule has 0 unspecified atom stereocenters. The molecule has 1 fully saturated rings. The highest BCUT2D eigenvalue weighted by Gasteiger charge is 2.30. The maximum Gasteiger partial charge on any atom is 0.322 e. The molecule has 2 rings (SSSR count). The molecule has 1 saturated heterocycles. The van der Waals surface area contributed by atoms with Crippen molar-refractivity contribution in [3.63, 3.8) is 0 Å². The number of hydrogen-bond acceptors (Lipinski definition) is 4. The number of hydrogen-bond donors (Lipinski definition) is 2. The van der Waals surface area contributed by atoms with E-state index in [0.717, 1.165) is 0 Å². The van der Waals surface area contributed by atoms with Gasteiger partial charge in [0.2, 0.25) is 0 Å². The molecular formula is C15H22N2O3. The van der Waals surface area contributed by atoms with Crippen LogP contribution in [0.2, 0.25) is 0 Å². The fourth-order valence-electron chi connectivity index (χ4n) is 2.03. The van der Waals surface area contributed by atoms with Crippen molar-refractivity contribution in [3.05, 3.63) is 35.9 Å². The summed E-state index contributed by atoms with van der Waals surface area (Å²) in [5.41, 5.74) is 0.624. The molecule has 1 amide bonds. The third-order valence-electron chi connectivity index (χ3n) is 2.99. The van der Waals surface area contributed by atoms with Crippen molar-refractivity contribution < 1.29 is 14.3 Å². The molecule has 20 heavy (non-hydrogen) atoms. The van der Waals surface area contributed by atoms with Gasteiger partial charge >= 0.3 is 5.97 Å². The number of benzene rings is 1. The zero-order valence-electron chi connectivity index (χ0n) is 12.2. The Morgan fingerprint density at radius 3 is 2.50 bits per heavy atom. The second-order valence-electron chi connectivity index (χ2n) is 4.26. The fourth-order valence-corrected chi connectivity index (χ4v) is 2.03. The molecule has 5 nitrogen and oxygen atoms in total. The third kappa shape index (κ3) is 4.35. The van der Waals surface area contributed by atoms with Crippen molar-refractivity contribution >= 4 is 11.9 Å². The Balaban J connectivity index is 0.000000956. The summed E-state index contributed by atoms with van der Waals surface area (Å²) < 4.78 is 4.66. The summed E-state index contributed by atoms with van der Waals surface area (Å²) in [4.78, 5) is 23.2. The first-order valence-corrected chi connectivity index (χ1v) is 6.88. The van der Waals surface area contributed by atoms with E-state index < -0.39 is 0 Å². The maximum atomic E-state index is 11.9. The van der Waals surface area contributed by atoms with Crippen LogP contribution in [0.3, 0.4) is 0 Å². The Morgan fingerprint density at radius 1 is 1.25 bits per heavy atom. The molecule has 1 aromatic carbocycles. The average Bonchev–Trinajstić information content (AvgIpc) is 2.98. The van der Waals surface area contributed by atoms with E-state index in [0.29, 0.717) is 18.5 Å². The van der Waals surface area contributed by atoms with E-state index in [1.807, 2.05) is 32.0 Å². The minimum absolute atomic E-state index is 0.0400. The van der Waals surface area contributed by atoms with E-state index in [1.54, 1.807) is 12.1 Å². The van der Waals surface area contributed by atoms with Crippen LogP contribution in [0, 0.1) is 0 Å². The third-order valence-corrected chi connectivity index (χ3v) is 2.99. The first-order valence-electron chi connectivity index (χ1n) is 6.88. The standard InChI is InChI=1S/C13H16N2O3.C2H6/c1-18-13(17)11-7-10(8-14-11)15-12(16)9-5-3-2-4-6-9;1-2/h2-6,10-11,14H,7-8H2,1H3,(H,15,16);1-2H3/t10-,11+;/m1./s1. The van der Waals surface area contributed by atoms with E-state index in [2.05, 4.69) is 15.4 Å². The topological polar surface area (TPSA) is 67.4 Å². The number of nitrogens with one attached hydrogen (secondary N) is 2. The molecule has 1 aliphatic rings. The second-order valence-corrected chi connectivity index (χ2v) is 4.26. The summed E-state index contributed by atoms with van der Waals surface area (Å²) in [6, 6.07) is 8.66. The number of amides is 1. The van der Waals surface area contributed by atoms with Crippen molar-refractivity contribution in [2.75, 3.05) is 13.7 Å². The fraction of sp³-hybridized carbons (Fsp3) is 0.467. The predicted octanol–water partition coefficient (Wildman–Crippen LogP) is 1.35. The van der Waals surface area contributed by atoms with Crippen LogP contribution in [-0.4, -0.2) is 37.6 Å². The van der Waals surface area contributed by atoms with Gasteiger partial charge in [0.25, 0.3) is 5.91 Å². The van der Waals surface area contributed by atoms with Crippen LogP contribution in [0.25, 0.3) is 0 Å². The SMILES string of the molecule is CC.COC(=O)[C@@H]1C[C@@H](NC(=O)c2ccccc2)CN1. The smallest absolute Gasteiger partial charge is 0.322 e. The van der Waals surface area contributed by atoms with Gasteiger partial charge in [-0.05, 0) is 18.6 Å². The van der Waals surface area contributed by atoms with Crippen LogP contribution in [0.4, 0.5) is 0 Å². The van der Waals surface area contributed by atoms with Crippen molar-refractivity contribution in [3.8, 4) is 0 Å². The quantitative estimate of drug-likeness (QED) is 0.819. The lowest BCUT2D eigenvalue weighted by molar-refractivity contribution is -0.142. The number of methoxy groups -OCH3 is 1. The van der Waals surface area contributed by atoms with Crippen molar-refractivity contribution in [1.29, 1.82) is 0 Å². The Morgan fingerprint density at radius 2 is 1.90 bits per heavy atom. The Bertz CT molecular complexity index is 434. The van der Waals surface area contributed by atoms with Gasteiger partial charge in [0.15, 0.2) is 0 Å². The minimum Gasteiger partial charge on any atom is -0.468 e.